The lowest BCUT2D eigenvalue weighted by molar-refractivity contribution is 0.140. The molecule has 1 saturated carbocycles. The van der Waals surface area contributed by atoms with Crippen molar-refractivity contribution in [3.8, 4) is 0 Å². The molecule has 0 radical (unpaired) electrons. The van der Waals surface area contributed by atoms with E-state index in [1.807, 2.05) is 0 Å². The second-order valence-electron chi connectivity index (χ2n) is 4.86. The van der Waals surface area contributed by atoms with Crippen LogP contribution in [-0.4, -0.2) is 10.7 Å². The van der Waals surface area contributed by atoms with Crippen LogP contribution in [0.5, 0.6) is 0 Å². The lowest BCUT2D eigenvalue weighted by Gasteiger charge is -2.09. The molecule has 0 aliphatic heterocycles. The third kappa shape index (κ3) is 1.83. The van der Waals surface area contributed by atoms with E-state index in [-0.39, 0.29) is 5.60 Å². The van der Waals surface area contributed by atoms with Crippen LogP contribution >= 0.6 is 0 Å². The number of benzene rings is 2. The quantitative estimate of drug-likeness (QED) is 0.827. The van der Waals surface area contributed by atoms with Crippen molar-refractivity contribution in [2.75, 3.05) is 0 Å². The minimum Gasteiger partial charge on any atom is -0.390 e. The van der Waals surface area contributed by atoms with Crippen LogP contribution < -0.4 is 0 Å². The molecule has 0 bridgehead atoms. The van der Waals surface area contributed by atoms with Crippen LogP contribution in [0.15, 0.2) is 42.5 Å². The first kappa shape index (κ1) is 9.86. The monoisotopic (exact) mass is 212 g/mol. The number of rotatable bonds is 3. The smallest absolute Gasteiger partial charge is 0.0653 e. The minimum absolute atomic E-state index is 0.336. The third-order valence-corrected chi connectivity index (χ3v) is 3.57. The van der Waals surface area contributed by atoms with E-state index in [1.54, 1.807) is 0 Å². The number of hydrogen-bond acceptors (Lipinski definition) is 1. The largest absolute Gasteiger partial charge is 0.390 e. The third-order valence-electron chi connectivity index (χ3n) is 3.57. The zero-order valence-corrected chi connectivity index (χ0v) is 9.32. The van der Waals surface area contributed by atoms with Crippen LogP contribution in [0, 0.1) is 0 Å². The van der Waals surface area contributed by atoms with Crippen LogP contribution in [0.25, 0.3) is 10.8 Å². The summed E-state index contributed by atoms with van der Waals surface area (Å²) in [4.78, 5) is 0. The maximum Gasteiger partial charge on any atom is 0.0653 e. The fraction of sp³-hybridized carbons (Fsp3) is 0.333. The average molecular weight is 212 g/mol. The van der Waals surface area contributed by atoms with Gasteiger partial charge in [-0.05, 0) is 42.0 Å². The Morgan fingerprint density at radius 3 is 2.56 bits per heavy atom. The fourth-order valence-corrected chi connectivity index (χ4v) is 2.27. The maximum atomic E-state index is 9.86. The van der Waals surface area contributed by atoms with E-state index in [4.69, 9.17) is 0 Å². The number of hydrogen-bond donors (Lipinski definition) is 1. The second kappa shape index (κ2) is 3.60. The Morgan fingerprint density at radius 2 is 1.75 bits per heavy atom. The van der Waals surface area contributed by atoms with Gasteiger partial charge in [-0.3, -0.25) is 0 Å². The van der Waals surface area contributed by atoms with Crippen molar-refractivity contribution in [1.29, 1.82) is 0 Å². The predicted molar refractivity (Wildman–Crippen MR) is 66.5 cm³/mol. The molecule has 1 N–H and O–H groups in total. The van der Waals surface area contributed by atoms with Gasteiger partial charge in [0.15, 0.2) is 0 Å². The van der Waals surface area contributed by atoms with Crippen LogP contribution in [-0.2, 0) is 6.42 Å². The van der Waals surface area contributed by atoms with Gasteiger partial charge in [0.1, 0.15) is 0 Å². The standard InChI is InChI=1S/C15H16O/c16-15(10-11-15)9-8-13-6-3-5-12-4-1-2-7-14(12)13/h1-7,16H,8-11H2. The van der Waals surface area contributed by atoms with Gasteiger partial charge in [0.05, 0.1) is 5.60 Å². The van der Waals surface area contributed by atoms with Gasteiger partial charge in [0, 0.05) is 0 Å². The van der Waals surface area contributed by atoms with E-state index < -0.39 is 0 Å². The Bertz CT molecular complexity index is 506. The highest BCUT2D eigenvalue weighted by atomic mass is 16.3. The first-order valence-electron chi connectivity index (χ1n) is 5.96. The molecule has 0 saturated heterocycles. The highest BCUT2D eigenvalue weighted by molar-refractivity contribution is 5.85. The summed E-state index contributed by atoms with van der Waals surface area (Å²) in [6.45, 7) is 0. The summed E-state index contributed by atoms with van der Waals surface area (Å²) >= 11 is 0. The van der Waals surface area contributed by atoms with Crippen molar-refractivity contribution < 1.29 is 5.11 Å². The molecule has 3 rings (SSSR count). The number of aryl methyl sites for hydroxylation is 1. The fourth-order valence-electron chi connectivity index (χ4n) is 2.27. The van der Waals surface area contributed by atoms with Crippen LogP contribution in [0.4, 0.5) is 0 Å². The molecule has 0 atom stereocenters. The molecule has 82 valence electrons. The molecule has 0 heterocycles. The molecule has 2 aromatic rings. The second-order valence-corrected chi connectivity index (χ2v) is 4.86. The van der Waals surface area contributed by atoms with Gasteiger partial charge < -0.3 is 5.11 Å². The first-order valence-corrected chi connectivity index (χ1v) is 5.96. The highest BCUT2D eigenvalue weighted by Crippen LogP contribution is 2.39. The molecule has 1 aliphatic rings. The van der Waals surface area contributed by atoms with Gasteiger partial charge in [-0.25, -0.2) is 0 Å². The molecule has 1 aliphatic carbocycles. The topological polar surface area (TPSA) is 20.2 Å². The maximum absolute atomic E-state index is 9.86. The van der Waals surface area contributed by atoms with Gasteiger partial charge in [0.25, 0.3) is 0 Å². The Hall–Kier alpha value is -1.34. The molecule has 1 fully saturated rings. The average Bonchev–Trinajstić information content (AvgIpc) is 3.05. The molecule has 0 spiro atoms. The molecular weight excluding hydrogens is 196 g/mol. The Morgan fingerprint density at radius 1 is 1.00 bits per heavy atom. The molecule has 16 heavy (non-hydrogen) atoms. The van der Waals surface area contributed by atoms with E-state index >= 15 is 0 Å². The molecule has 0 amide bonds. The van der Waals surface area contributed by atoms with Gasteiger partial charge in [0.2, 0.25) is 0 Å². The van der Waals surface area contributed by atoms with Crippen molar-refractivity contribution in [3.05, 3.63) is 48.0 Å². The molecule has 2 aromatic carbocycles. The van der Waals surface area contributed by atoms with E-state index in [0.717, 1.165) is 25.7 Å². The Balaban J connectivity index is 1.90. The van der Waals surface area contributed by atoms with Gasteiger partial charge in [-0.1, -0.05) is 42.5 Å². The summed E-state index contributed by atoms with van der Waals surface area (Å²) in [6.07, 6.45) is 3.86. The molecule has 0 aromatic heterocycles. The van der Waals surface area contributed by atoms with Crippen LogP contribution in [0.3, 0.4) is 0 Å². The lowest BCUT2D eigenvalue weighted by Crippen LogP contribution is -2.07. The van der Waals surface area contributed by atoms with E-state index in [0.29, 0.717) is 0 Å². The van der Waals surface area contributed by atoms with E-state index in [2.05, 4.69) is 42.5 Å². The van der Waals surface area contributed by atoms with Gasteiger partial charge >= 0.3 is 0 Å². The van der Waals surface area contributed by atoms with Crippen LogP contribution in [0.1, 0.15) is 24.8 Å². The highest BCUT2D eigenvalue weighted by Gasteiger charge is 2.39. The summed E-state index contributed by atoms with van der Waals surface area (Å²) in [7, 11) is 0. The van der Waals surface area contributed by atoms with Gasteiger partial charge in [-0.2, -0.15) is 0 Å². The summed E-state index contributed by atoms with van der Waals surface area (Å²) in [5, 5.41) is 12.5. The summed E-state index contributed by atoms with van der Waals surface area (Å²) in [6, 6.07) is 14.9. The molecule has 0 unspecified atom stereocenters. The van der Waals surface area contributed by atoms with Crippen molar-refractivity contribution >= 4 is 10.8 Å². The number of aliphatic hydroxyl groups is 1. The minimum atomic E-state index is -0.336. The van der Waals surface area contributed by atoms with Crippen LogP contribution in [0.2, 0.25) is 0 Å². The SMILES string of the molecule is OC1(CCc2cccc3ccccc23)CC1. The summed E-state index contributed by atoms with van der Waals surface area (Å²) in [5.41, 5.74) is 1.02. The lowest BCUT2D eigenvalue weighted by atomic mass is 9.99. The predicted octanol–water partition coefficient (Wildman–Crippen LogP) is 3.30. The Kier molecular flexibility index (Phi) is 2.22. The Labute approximate surface area is 95.7 Å². The number of fused-ring (bicyclic) bond motifs is 1. The van der Waals surface area contributed by atoms with E-state index in [1.165, 1.54) is 16.3 Å². The van der Waals surface area contributed by atoms with Crippen molar-refractivity contribution in [2.24, 2.45) is 0 Å². The zero-order valence-electron chi connectivity index (χ0n) is 9.32. The summed E-state index contributed by atoms with van der Waals surface area (Å²) < 4.78 is 0. The van der Waals surface area contributed by atoms with Crippen molar-refractivity contribution in [1.82, 2.24) is 0 Å². The molecule has 1 nitrogen and oxygen atoms in total. The molecule has 1 heteroatoms. The van der Waals surface area contributed by atoms with Crippen molar-refractivity contribution in [3.63, 3.8) is 0 Å². The molecular formula is C15H16O. The van der Waals surface area contributed by atoms with Gasteiger partial charge in [-0.15, -0.1) is 0 Å². The normalized spacial score (nSPS) is 17.6. The summed E-state index contributed by atoms with van der Waals surface area (Å²) in [5.74, 6) is 0. The van der Waals surface area contributed by atoms with Crippen molar-refractivity contribution in [2.45, 2.75) is 31.3 Å². The zero-order chi connectivity index (χ0) is 11.0. The first-order chi connectivity index (χ1) is 7.77. The van der Waals surface area contributed by atoms with E-state index in [9.17, 15) is 5.11 Å².